The molecule has 2 saturated carbocycles. The van der Waals surface area contributed by atoms with E-state index in [1.165, 1.54) is 23.9 Å². The standard InChI is InChI=1S/C39H33ClF7N7O4S/c1-37(56,19-4-5-19)11-10-22-6-7-23(24-8-9-27(40)31-33(24)53(2)51-36(31)52-59(3,57)58)32(48-22)28(14-18-12-20(41)15-21(42)13-18)49-29(55)17-54-35-30(34(50-54)39(45,46)47)25-16-26(25)38(35,43)44/h6-9,12-13,15,19,25-26,28,56H,4-5,14,16-17H2,1-3H3,(H,49,55)(H,51,52)/t25-,26+,28?,37?/m0/s1. The van der Waals surface area contributed by atoms with Crippen LogP contribution in [0.5, 0.6) is 0 Å². The van der Waals surface area contributed by atoms with Gasteiger partial charge >= 0.3 is 6.18 Å². The average Bonchev–Trinajstić information content (AvgIpc) is 4.04. The van der Waals surface area contributed by atoms with Gasteiger partial charge in [0.1, 0.15) is 35.2 Å². The number of aryl methyl sites for hydroxylation is 1. The van der Waals surface area contributed by atoms with Crippen molar-refractivity contribution in [3.05, 3.63) is 93.0 Å². The molecule has 3 aliphatic rings. The summed E-state index contributed by atoms with van der Waals surface area (Å²) in [4.78, 5) is 18.7. The molecule has 0 radical (unpaired) electrons. The molecule has 11 nitrogen and oxygen atoms in total. The molecule has 2 unspecified atom stereocenters. The van der Waals surface area contributed by atoms with E-state index in [1.54, 1.807) is 19.1 Å². The zero-order valence-corrected chi connectivity index (χ0v) is 32.8. The van der Waals surface area contributed by atoms with Crippen LogP contribution >= 0.6 is 11.6 Å². The maximum Gasteiger partial charge on any atom is 0.435 e. The van der Waals surface area contributed by atoms with Gasteiger partial charge in [-0.05, 0) is 86.3 Å². The molecule has 2 aromatic carbocycles. The van der Waals surface area contributed by atoms with E-state index < -0.39 is 93.1 Å². The van der Waals surface area contributed by atoms with Gasteiger partial charge in [-0.1, -0.05) is 23.6 Å². The second kappa shape index (κ2) is 13.9. The summed E-state index contributed by atoms with van der Waals surface area (Å²) in [7, 11) is -2.35. The molecule has 5 aromatic rings. The first-order chi connectivity index (χ1) is 27.5. The number of nitrogens with one attached hydrogen (secondary N) is 2. The molecule has 1 amide bonds. The second-order valence-corrected chi connectivity index (χ2v) is 17.6. The van der Waals surface area contributed by atoms with Crippen molar-refractivity contribution in [2.45, 2.75) is 68.8 Å². The highest BCUT2D eigenvalue weighted by Crippen LogP contribution is 2.68. The summed E-state index contributed by atoms with van der Waals surface area (Å²) >= 11 is 6.58. The topological polar surface area (TPSA) is 144 Å². The van der Waals surface area contributed by atoms with E-state index >= 15 is 8.78 Å². The molecule has 20 heteroatoms. The van der Waals surface area contributed by atoms with Gasteiger partial charge in [-0.25, -0.2) is 22.2 Å². The van der Waals surface area contributed by atoms with E-state index in [9.17, 15) is 40.3 Å². The fourth-order valence-corrected chi connectivity index (χ4v) is 8.70. The zero-order chi connectivity index (χ0) is 42.6. The number of nitrogens with zero attached hydrogens (tertiary/aromatic N) is 5. The molecule has 2 fully saturated rings. The average molecular weight is 864 g/mol. The molecule has 0 bridgehead atoms. The highest BCUT2D eigenvalue weighted by atomic mass is 35.5. The molecule has 310 valence electrons. The van der Waals surface area contributed by atoms with Crippen LogP contribution in [0.25, 0.3) is 22.0 Å². The quantitative estimate of drug-likeness (QED) is 0.102. The molecule has 3 aromatic heterocycles. The molecule has 0 aliphatic heterocycles. The van der Waals surface area contributed by atoms with Crippen LogP contribution in [0.2, 0.25) is 5.02 Å². The van der Waals surface area contributed by atoms with Crippen molar-refractivity contribution in [3.8, 4) is 23.0 Å². The number of sulfonamides is 1. The Morgan fingerprint density at radius 3 is 2.41 bits per heavy atom. The maximum absolute atomic E-state index is 15.4. The van der Waals surface area contributed by atoms with Crippen LogP contribution in [0.1, 0.15) is 72.0 Å². The van der Waals surface area contributed by atoms with Gasteiger partial charge in [0.15, 0.2) is 11.5 Å². The number of rotatable bonds is 10. The number of hydrogen-bond donors (Lipinski definition) is 3. The number of halogens is 8. The first kappa shape index (κ1) is 40.6. The van der Waals surface area contributed by atoms with Gasteiger partial charge in [0, 0.05) is 35.7 Å². The number of fused-ring (bicyclic) bond motifs is 4. The minimum Gasteiger partial charge on any atom is -0.378 e. The van der Waals surface area contributed by atoms with Crippen LogP contribution in [0.15, 0.2) is 42.5 Å². The number of hydrogen-bond acceptors (Lipinski definition) is 7. The molecular weight excluding hydrogens is 831 g/mol. The minimum absolute atomic E-state index is 0.00101. The number of carbonyl (C=O) groups excluding carboxylic acids is 1. The van der Waals surface area contributed by atoms with E-state index in [1.807, 2.05) is 0 Å². The van der Waals surface area contributed by atoms with Crippen LogP contribution < -0.4 is 10.0 Å². The van der Waals surface area contributed by atoms with Crippen molar-refractivity contribution in [3.63, 3.8) is 0 Å². The first-order valence-corrected chi connectivity index (χ1v) is 20.5. The smallest absolute Gasteiger partial charge is 0.378 e. The Morgan fingerprint density at radius 2 is 1.76 bits per heavy atom. The summed E-state index contributed by atoms with van der Waals surface area (Å²) in [5, 5.41) is 21.6. The fraction of sp³-hybridized carbons (Fsp3) is 0.385. The molecular formula is C39H33ClF7N7O4S. The number of aliphatic hydroxyl groups is 1. The SMILES string of the molecule is Cn1nc(NS(C)(=O)=O)c2c(Cl)ccc(-c3ccc(C#CC(C)(O)C4CC4)nc3C(Cc3cc(F)cc(F)c3)NC(=O)Cn3nc(C(F)(F)F)c4c3C(F)(F)[C@@H]3C[C@H]43)c21. The third-order valence-corrected chi connectivity index (χ3v) is 11.7. The predicted octanol–water partition coefficient (Wildman–Crippen LogP) is 6.98. The van der Waals surface area contributed by atoms with Crippen molar-refractivity contribution in [1.82, 2.24) is 29.9 Å². The van der Waals surface area contributed by atoms with Gasteiger partial charge in [0.05, 0.1) is 33.9 Å². The molecule has 4 atom stereocenters. The summed E-state index contributed by atoms with van der Waals surface area (Å²) in [6, 6.07) is 7.27. The van der Waals surface area contributed by atoms with E-state index in [0.717, 1.165) is 31.2 Å². The van der Waals surface area contributed by atoms with Gasteiger partial charge in [0.2, 0.25) is 15.9 Å². The van der Waals surface area contributed by atoms with Gasteiger partial charge in [-0.3, -0.25) is 18.9 Å². The number of anilines is 1. The van der Waals surface area contributed by atoms with Gasteiger partial charge in [0.25, 0.3) is 5.92 Å². The molecule has 0 saturated heterocycles. The maximum atomic E-state index is 15.4. The third kappa shape index (κ3) is 7.73. The van der Waals surface area contributed by atoms with E-state index in [0.29, 0.717) is 16.3 Å². The van der Waals surface area contributed by atoms with Crippen LogP contribution in [0, 0.1) is 35.3 Å². The Labute approximate surface area is 337 Å². The Bertz CT molecular complexity index is 2730. The van der Waals surface area contributed by atoms with Crippen molar-refractivity contribution >= 4 is 44.3 Å². The van der Waals surface area contributed by atoms with Gasteiger partial charge < -0.3 is 10.4 Å². The number of alkyl halides is 5. The largest absolute Gasteiger partial charge is 0.435 e. The van der Waals surface area contributed by atoms with Gasteiger partial charge in [-0.15, -0.1) is 0 Å². The monoisotopic (exact) mass is 863 g/mol. The molecule has 8 rings (SSSR count). The van der Waals surface area contributed by atoms with Gasteiger partial charge in [-0.2, -0.15) is 32.1 Å². The number of pyridine rings is 1. The number of carbonyl (C=O) groups is 1. The zero-order valence-electron chi connectivity index (χ0n) is 31.2. The van der Waals surface area contributed by atoms with Crippen LogP contribution in [-0.4, -0.2) is 55.8 Å². The van der Waals surface area contributed by atoms with Crippen molar-refractivity contribution < 1.29 is 49.1 Å². The van der Waals surface area contributed by atoms with Crippen molar-refractivity contribution in [2.75, 3.05) is 11.0 Å². The lowest BCUT2D eigenvalue weighted by atomic mass is 9.93. The van der Waals surface area contributed by atoms with E-state index in [4.69, 9.17) is 16.6 Å². The summed E-state index contributed by atoms with van der Waals surface area (Å²) in [5.74, 6) is -3.66. The predicted molar refractivity (Wildman–Crippen MR) is 201 cm³/mol. The highest BCUT2D eigenvalue weighted by molar-refractivity contribution is 7.92. The summed E-state index contributed by atoms with van der Waals surface area (Å²) in [6.45, 7) is 0.459. The fourth-order valence-electron chi connectivity index (χ4n) is 7.97. The van der Waals surface area contributed by atoms with Crippen LogP contribution in [-0.2, 0) is 46.9 Å². The second-order valence-electron chi connectivity index (χ2n) is 15.4. The minimum atomic E-state index is -5.08. The Balaban J connectivity index is 1.28. The third-order valence-electron chi connectivity index (χ3n) is 10.8. The molecule has 59 heavy (non-hydrogen) atoms. The van der Waals surface area contributed by atoms with Crippen molar-refractivity contribution in [1.29, 1.82) is 0 Å². The molecule has 0 spiro atoms. The molecule has 3 aliphatic carbocycles. The summed E-state index contributed by atoms with van der Waals surface area (Å²) < 4.78 is 131. The van der Waals surface area contributed by atoms with Crippen molar-refractivity contribution in [2.24, 2.45) is 18.9 Å². The Kier molecular flexibility index (Phi) is 9.59. The van der Waals surface area contributed by atoms with E-state index in [2.05, 4.69) is 32.1 Å². The molecule has 3 N–H and O–H groups in total. The van der Waals surface area contributed by atoms with Crippen LogP contribution in [0.4, 0.5) is 36.6 Å². The Hall–Kier alpha value is -5.19. The molecule has 3 heterocycles. The van der Waals surface area contributed by atoms with E-state index in [-0.39, 0.29) is 56.6 Å². The van der Waals surface area contributed by atoms with Crippen LogP contribution in [0.3, 0.4) is 0 Å². The number of aromatic nitrogens is 5. The number of benzene rings is 2. The lowest BCUT2D eigenvalue weighted by Gasteiger charge is -2.23. The summed E-state index contributed by atoms with van der Waals surface area (Å²) in [6.07, 6.45) is -3.21. The highest BCUT2D eigenvalue weighted by Gasteiger charge is 2.68. The first-order valence-electron chi connectivity index (χ1n) is 18.2. The normalized spacial score (nSPS) is 19.7. The lowest BCUT2D eigenvalue weighted by molar-refractivity contribution is -0.142. The number of amides is 1. The summed E-state index contributed by atoms with van der Waals surface area (Å²) in [5.41, 5.74) is -3.64. The Morgan fingerprint density at radius 1 is 1.08 bits per heavy atom. The lowest BCUT2D eigenvalue weighted by Crippen LogP contribution is -2.35.